The van der Waals surface area contributed by atoms with Crippen LogP contribution >= 0.6 is 11.8 Å². The Bertz CT molecular complexity index is 552. The van der Waals surface area contributed by atoms with Gasteiger partial charge in [0.2, 0.25) is 0 Å². The first kappa shape index (κ1) is 12.7. The lowest BCUT2D eigenvalue weighted by molar-refractivity contribution is 0.113. The lowest BCUT2D eigenvalue weighted by Crippen LogP contribution is -2.18. The van der Waals surface area contributed by atoms with E-state index in [0.29, 0.717) is 16.4 Å². The third kappa shape index (κ3) is 2.55. The van der Waals surface area contributed by atoms with E-state index >= 15 is 0 Å². The smallest absolute Gasteiger partial charge is 0.277 e. The minimum absolute atomic E-state index is 0.288. The van der Waals surface area contributed by atoms with Crippen LogP contribution in [0.15, 0.2) is 26.4 Å². The summed E-state index contributed by atoms with van der Waals surface area (Å²) in [7, 11) is 1.76. The Hall–Kier alpha value is -1.27. The zero-order chi connectivity index (χ0) is 13.2. The number of thioether (sulfide) groups is 1. The predicted octanol–water partition coefficient (Wildman–Crippen LogP) is 3.30. The third-order valence-electron chi connectivity index (χ3n) is 3.44. The van der Waals surface area contributed by atoms with E-state index in [-0.39, 0.29) is 6.10 Å². The van der Waals surface area contributed by atoms with E-state index in [4.69, 9.17) is 13.6 Å². The van der Waals surface area contributed by atoms with Gasteiger partial charge in [-0.2, -0.15) is 0 Å². The summed E-state index contributed by atoms with van der Waals surface area (Å²) in [6, 6.07) is 1.84. The zero-order valence-corrected chi connectivity index (χ0v) is 11.8. The number of aryl methyl sites for hydroxylation is 1. The minimum atomic E-state index is 0.288. The summed E-state index contributed by atoms with van der Waals surface area (Å²) in [5, 5.41) is 9.18. The number of ether oxygens (including phenoxy) is 1. The second-order valence-corrected chi connectivity index (χ2v) is 5.82. The predicted molar refractivity (Wildman–Crippen MR) is 71.0 cm³/mol. The van der Waals surface area contributed by atoms with E-state index in [0.717, 1.165) is 24.2 Å². The molecule has 6 heteroatoms. The first-order chi connectivity index (χ1) is 9.28. The summed E-state index contributed by atoms with van der Waals surface area (Å²) in [4.78, 5) is 0. The molecule has 0 radical (unpaired) electrons. The Morgan fingerprint density at radius 3 is 3.00 bits per heavy atom. The monoisotopic (exact) mass is 280 g/mol. The average Bonchev–Trinajstić information content (AvgIpc) is 3.10. The molecule has 0 saturated heterocycles. The number of hydrogen-bond acceptors (Lipinski definition) is 6. The molecule has 2 aromatic heterocycles. The van der Waals surface area contributed by atoms with Crippen molar-refractivity contribution in [3.63, 3.8) is 0 Å². The fourth-order valence-electron chi connectivity index (χ4n) is 2.40. The van der Waals surface area contributed by atoms with E-state index in [9.17, 15) is 0 Å². The van der Waals surface area contributed by atoms with Gasteiger partial charge in [0.25, 0.3) is 11.1 Å². The van der Waals surface area contributed by atoms with Crippen molar-refractivity contribution >= 4 is 11.8 Å². The minimum Gasteiger partial charge on any atom is -0.469 e. The number of aromatic nitrogens is 2. The topological polar surface area (TPSA) is 61.3 Å². The summed E-state index contributed by atoms with van der Waals surface area (Å²) in [6.45, 7) is 1.88. The van der Waals surface area contributed by atoms with E-state index in [1.807, 2.05) is 13.0 Å². The largest absolute Gasteiger partial charge is 0.469 e. The van der Waals surface area contributed by atoms with Crippen LogP contribution in [-0.2, 0) is 4.74 Å². The van der Waals surface area contributed by atoms with Gasteiger partial charge in [-0.1, -0.05) is 11.8 Å². The van der Waals surface area contributed by atoms with Gasteiger partial charge in [-0.15, -0.1) is 10.2 Å². The molecule has 3 rings (SSSR count). The van der Waals surface area contributed by atoms with E-state index in [1.165, 1.54) is 6.42 Å². The molecule has 5 nitrogen and oxygen atoms in total. The molecule has 1 aliphatic carbocycles. The lowest BCUT2D eigenvalue weighted by Gasteiger charge is -2.14. The molecule has 0 unspecified atom stereocenters. The summed E-state index contributed by atoms with van der Waals surface area (Å²) in [5.74, 6) is 1.30. The average molecular weight is 280 g/mol. The summed E-state index contributed by atoms with van der Waals surface area (Å²) in [6.07, 6.45) is 5.34. The lowest BCUT2D eigenvalue weighted by atomic mass is 10.3. The molecule has 0 amide bonds. The van der Waals surface area contributed by atoms with E-state index in [1.54, 1.807) is 25.1 Å². The van der Waals surface area contributed by atoms with Gasteiger partial charge in [0.1, 0.15) is 5.76 Å². The molecule has 2 aromatic rings. The van der Waals surface area contributed by atoms with Crippen molar-refractivity contribution in [2.75, 3.05) is 7.11 Å². The standard InChI is InChI=1S/C13H16N2O3S/c1-8-9(6-7-17-8)12-14-15-13(18-12)19-11-5-3-4-10(11)16-2/h6-7,10-11H,3-5H2,1-2H3/t10-,11-/m1/s1. The van der Waals surface area contributed by atoms with Crippen molar-refractivity contribution in [1.82, 2.24) is 10.2 Å². The molecule has 1 aliphatic rings. The van der Waals surface area contributed by atoms with Crippen LogP contribution in [0, 0.1) is 6.92 Å². The Balaban J connectivity index is 1.73. The second kappa shape index (κ2) is 5.38. The van der Waals surface area contributed by atoms with Crippen LogP contribution in [0.1, 0.15) is 25.0 Å². The van der Waals surface area contributed by atoms with Crippen molar-refractivity contribution in [2.45, 2.75) is 42.8 Å². The summed E-state index contributed by atoms with van der Waals surface area (Å²) >= 11 is 1.61. The van der Waals surface area contributed by atoms with Gasteiger partial charge in [0.15, 0.2) is 0 Å². The summed E-state index contributed by atoms with van der Waals surface area (Å²) < 4.78 is 16.4. The van der Waals surface area contributed by atoms with Gasteiger partial charge in [-0.05, 0) is 32.3 Å². The van der Waals surface area contributed by atoms with Gasteiger partial charge >= 0.3 is 0 Å². The van der Waals surface area contributed by atoms with Gasteiger partial charge < -0.3 is 13.6 Å². The molecule has 1 fully saturated rings. The van der Waals surface area contributed by atoms with Crippen LogP contribution in [0.25, 0.3) is 11.5 Å². The maximum atomic E-state index is 5.69. The third-order valence-corrected chi connectivity index (χ3v) is 4.65. The first-order valence-corrected chi connectivity index (χ1v) is 7.23. The number of hydrogen-bond donors (Lipinski definition) is 0. The number of nitrogens with zero attached hydrogens (tertiary/aromatic N) is 2. The molecular formula is C13H16N2O3S. The highest BCUT2D eigenvalue weighted by molar-refractivity contribution is 7.99. The fourth-order valence-corrected chi connectivity index (χ4v) is 3.56. The maximum absolute atomic E-state index is 5.69. The van der Waals surface area contributed by atoms with Gasteiger partial charge in [0, 0.05) is 12.4 Å². The van der Waals surface area contributed by atoms with Gasteiger partial charge in [-0.3, -0.25) is 0 Å². The normalized spacial score (nSPS) is 23.1. The molecule has 0 spiro atoms. The van der Waals surface area contributed by atoms with E-state index < -0.39 is 0 Å². The Morgan fingerprint density at radius 1 is 1.37 bits per heavy atom. The Labute approximate surface area is 115 Å². The molecule has 2 heterocycles. The fraction of sp³-hybridized carbons (Fsp3) is 0.538. The van der Waals surface area contributed by atoms with Crippen molar-refractivity contribution in [2.24, 2.45) is 0 Å². The highest BCUT2D eigenvalue weighted by Gasteiger charge is 2.29. The second-order valence-electron chi connectivity index (χ2n) is 4.62. The molecule has 1 saturated carbocycles. The number of methoxy groups -OCH3 is 1. The maximum Gasteiger partial charge on any atom is 0.277 e. The molecule has 0 aromatic carbocycles. The van der Waals surface area contributed by atoms with Crippen molar-refractivity contribution in [3.8, 4) is 11.5 Å². The van der Waals surface area contributed by atoms with Crippen LogP contribution in [0.2, 0.25) is 0 Å². The molecule has 102 valence electrons. The molecule has 0 N–H and O–H groups in total. The van der Waals surface area contributed by atoms with Crippen LogP contribution < -0.4 is 0 Å². The number of rotatable bonds is 4. The van der Waals surface area contributed by atoms with Crippen LogP contribution in [0.4, 0.5) is 0 Å². The van der Waals surface area contributed by atoms with Crippen molar-refractivity contribution in [3.05, 3.63) is 18.1 Å². The number of furan rings is 1. The quantitative estimate of drug-likeness (QED) is 0.856. The zero-order valence-electron chi connectivity index (χ0n) is 11.0. The summed E-state index contributed by atoms with van der Waals surface area (Å²) in [5.41, 5.74) is 0.856. The van der Waals surface area contributed by atoms with Gasteiger partial charge in [-0.25, -0.2) is 0 Å². The molecular weight excluding hydrogens is 264 g/mol. The Morgan fingerprint density at radius 2 is 2.26 bits per heavy atom. The van der Waals surface area contributed by atoms with Crippen LogP contribution in [-0.4, -0.2) is 28.7 Å². The van der Waals surface area contributed by atoms with Crippen LogP contribution in [0.5, 0.6) is 0 Å². The highest BCUT2D eigenvalue weighted by Crippen LogP contribution is 2.36. The molecule has 19 heavy (non-hydrogen) atoms. The van der Waals surface area contributed by atoms with Crippen molar-refractivity contribution in [1.29, 1.82) is 0 Å². The Kier molecular flexibility index (Phi) is 3.61. The molecule has 2 atom stereocenters. The van der Waals surface area contributed by atoms with Crippen molar-refractivity contribution < 1.29 is 13.6 Å². The van der Waals surface area contributed by atoms with Crippen LogP contribution in [0.3, 0.4) is 0 Å². The molecule has 0 aliphatic heterocycles. The van der Waals surface area contributed by atoms with E-state index in [2.05, 4.69) is 10.2 Å². The highest BCUT2D eigenvalue weighted by atomic mass is 32.2. The SMILES string of the molecule is CO[C@@H]1CCC[C@H]1Sc1nnc(-c2ccoc2C)o1. The van der Waals surface area contributed by atoms with Gasteiger partial charge in [0.05, 0.1) is 17.9 Å². The first-order valence-electron chi connectivity index (χ1n) is 6.35. The molecule has 0 bridgehead atoms.